The summed E-state index contributed by atoms with van der Waals surface area (Å²) >= 11 is 0.495. The Morgan fingerprint density at radius 2 is 1.51 bits per heavy atom. The number of carbonyl (C=O) groups is 6. The molecule has 19 heteroatoms. The molecule has 1 aromatic heterocycles. The van der Waals surface area contributed by atoms with Crippen molar-refractivity contribution in [2.75, 3.05) is 19.8 Å². The number of aliphatic hydroxyl groups is 3. The number of aliphatic hydroxyl groups excluding tert-OH is 2. The molecule has 0 radical (unpaired) electrons. The van der Waals surface area contributed by atoms with Gasteiger partial charge in [-0.25, -0.2) is 24.0 Å². The molecule has 370 valence electrons. The molecule has 5 N–H and O–H groups in total. The van der Waals surface area contributed by atoms with Crippen LogP contribution in [0.2, 0.25) is 0 Å². The van der Waals surface area contributed by atoms with Crippen LogP contribution in [0.15, 0.2) is 71.8 Å². The Kier molecular flexibility index (Phi) is 13.3. The molecule has 8 rings (SSSR count). The molecule has 69 heavy (non-hydrogen) atoms. The summed E-state index contributed by atoms with van der Waals surface area (Å²) in [5.41, 5.74) is -6.26. The fraction of sp³-hybridized carbons (Fsp3) is 0.520. The Morgan fingerprint density at radius 1 is 0.884 bits per heavy atom. The number of hydrogen-bond acceptors (Lipinski definition) is 17. The minimum Gasteiger partial charge on any atom is -0.488 e. The fourth-order valence-corrected chi connectivity index (χ4v) is 11.6. The summed E-state index contributed by atoms with van der Waals surface area (Å²) in [6, 6.07) is 14.4. The van der Waals surface area contributed by atoms with Crippen molar-refractivity contribution in [3.05, 3.63) is 92.7 Å². The number of hydrogen-bond donors (Lipinski definition) is 5. The number of amides is 1. The van der Waals surface area contributed by atoms with Crippen molar-refractivity contribution in [3.63, 3.8) is 0 Å². The molecule has 2 saturated carbocycles. The number of aromatic carboxylic acids is 1. The third-order valence-corrected chi connectivity index (χ3v) is 15.5. The summed E-state index contributed by atoms with van der Waals surface area (Å²) in [5, 5.41) is 50.5. The Balaban J connectivity index is 1.25. The first kappa shape index (κ1) is 49.6. The van der Waals surface area contributed by atoms with Crippen molar-refractivity contribution in [1.82, 2.24) is 5.32 Å². The number of esters is 3. The number of nitrogens with one attached hydrogen (secondary N) is 1. The van der Waals surface area contributed by atoms with E-state index in [1.165, 1.54) is 26.0 Å². The van der Waals surface area contributed by atoms with Gasteiger partial charge in [-0.15, -0.1) is 11.3 Å². The van der Waals surface area contributed by atoms with Gasteiger partial charge in [-0.05, 0) is 63.5 Å². The van der Waals surface area contributed by atoms with Crippen molar-refractivity contribution in [3.8, 4) is 11.5 Å². The number of carbonyl (C=O) groups excluding carboxylic acids is 5. The van der Waals surface area contributed by atoms with Crippen LogP contribution in [-0.4, -0.2) is 124 Å². The van der Waals surface area contributed by atoms with E-state index in [-0.39, 0.29) is 69.8 Å². The first-order valence-electron chi connectivity index (χ1n) is 22.8. The van der Waals surface area contributed by atoms with Crippen LogP contribution in [0.25, 0.3) is 0 Å². The highest BCUT2D eigenvalue weighted by Crippen LogP contribution is 2.62. The molecule has 3 fully saturated rings. The lowest BCUT2D eigenvalue weighted by molar-refractivity contribution is -0.277. The summed E-state index contributed by atoms with van der Waals surface area (Å²) in [7, 11) is 0. The number of thiophene rings is 1. The zero-order valence-corrected chi connectivity index (χ0v) is 40.0. The van der Waals surface area contributed by atoms with Gasteiger partial charge in [0.15, 0.2) is 27.0 Å². The SMILES string of the molecule is CC1=C2[C@@H](O)C(=O)[C@@]3(C)[C@@H]([C@@H]4CO[C@@H]4C[C@@H]3O)[C@H](OC(=O)c3ccccc3)[C@](O)(C[C@@H]1OC(=O)[C@H](OC(=O)c1sc(C(=O)O)c3c1OCCCO3)[C@@H](NC(=O)OC(C)(C)C)c1ccccc1)C2(C)C. The summed E-state index contributed by atoms with van der Waals surface area (Å²) in [5.74, 6) is -7.68. The molecule has 11 atom stereocenters. The summed E-state index contributed by atoms with van der Waals surface area (Å²) in [4.78, 5) is 84.1. The van der Waals surface area contributed by atoms with Gasteiger partial charge in [-0.2, -0.15) is 0 Å². The van der Waals surface area contributed by atoms with E-state index in [2.05, 4.69) is 5.32 Å². The summed E-state index contributed by atoms with van der Waals surface area (Å²) < 4.78 is 41.6. The molecule has 5 aliphatic rings. The van der Waals surface area contributed by atoms with Gasteiger partial charge in [0.25, 0.3) is 0 Å². The number of ether oxygens (including phenoxy) is 7. The smallest absolute Gasteiger partial charge is 0.408 e. The maximum absolute atomic E-state index is 15.2. The van der Waals surface area contributed by atoms with Crippen molar-refractivity contribution in [2.45, 2.75) is 122 Å². The Labute approximate surface area is 401 Å². The number of benzene rings is 2. The quantitative estimate of drug-likeness (QED) is 0.0973. The van der Waals surface area contributed by atoms with Crippen LogP contribution in [0, 0.1) is 22.7 Å². The molecular weight excluding hydrogens is 919 g/mol. The van der Waals surface area contributed by atoms with Gasteiger partial charge >= 0.3 is 30.0 Å². The highest BCUT2D eigenvalue weighted by atomic mass is 32.1. The van der Waals surface area contributed by atoms with Gasteiger partial charge in [-0.1, -0.05) is 62.4 Å². The molecule has 3 aliphatic carbocycles. The van der Waals surface area contributed by atoms with Gasteiger partial charge in [0.05, 0.1) is 43.0 Å². The van der Waals surface area contributed by atoms with E-state index in [0.29, 0.717) is 17.8 Å². The fourth-order valence-electron chi connectivity index (χ4n) is 10.7. The van der Waals surface area contributed by atoms with Crippen LogP contribution in [0.4, 0.5) is 4.79 Å². The number of rotatable bonds is 10. The molecule has 0 unspecified atom stereocenters. The molecule has 2 aliphatic heterocycles. The second-order valence-electron chi connectivity index (χ2n) is 20.0. The molecule has 18 nitrogen and oxygen atoms in total. The zero-order valence-electron chi connectivity index (χ0n) is 39.2. The van der Waals surface area contributed by atoms with Crippen LogP contribution < -0.4 is 14.8 Å². The monoisotopic (exact) mass is 975 g/mol. The van der Waals surface area contributed by atoms with E-state index in [4.69, 9.17) is 33.2 Å². The van der Waals surface area contributed by atoms with Crippen LogP contribution in [0.5, 0.6) is 11.5 Å². The highest BCUT2D eigenvalue weighted by Gasteiger charge is 2.72. The maximum atomic E-state index is 15.2. The number of carboxylic acid groups (broad SMARTS) is 1. The van der Waals surface area contributed by atoms with Gasteiger partial charge in [0.2, 0.25) is 6.10 Å². The molecule has 1 amide bonds. The zero-order chi connectivity index (χ0) is 50.0. The van der Waals surface area contributed by atoms with Crippen LogP contribution >= 0.6 is 11.3 Å². The normalized spacial score (nSPS) is 30.0. The number of alkyl carbamates (subject to hydrolysis) is 1. The minimum absolute atomic E-state index is 0.0423. The Bertz CT molecular complexity index is 2550. The van der Waals surface area contributed by atoms with Crippen molar-refractivity contribution in [1.29, 1.82) is 0 Å². The van der Waals surface area contributed by atoms with Crippen molar-refractivity contribution < 1.29 is 82.4 Å². The molecule has 3 heterocycles. The summed E-state index contributed by atoms with van der Waals surface area (Å²) in [6.45, 7) is 11.3. The van der Waals surface area contributed by atoms with Crippen LogP contribution in [0.3, 0.4) is 0 Å². The number of Topliss-reactive ketones (excluding diaryl/α,β-unsaturated/α-hetero) is 1. The third kappa shape index (κ3) is 8.76. The van der Waals surface area contributed by atoms with E-state index >= 15 is 9.59 Å². The van der Waals surface area contributed by atoms with Crippen LogP contribution in [-0.2, 0) is 33.3 Å². The third-order valence-electron chi connectivity index (χ3n) is 14.4. The van der Waals surface area contributed by atoms with Crippen molar-refractivity contribution in [2.24, 2.45) is 22.7 Å². The van der Waals surface area contributed by atoms with E-state index in [9.17, 15) is 39.6 Å². The molecule has 2 bridgehead atoms. The van der Waals surface area contributed by atoms with E-state index in [0.717, 1.165) is 0 Å². The maximum Gasteiger partial charge on any atom is 0.408 e. The van der Waals surface area contributed by atoms with E-state index in [1.807, 2.05) is 0 Å². The topological polar surface area (TPSA) is 260 Å². The van der Waals surface area contributed by atoms with Crippen molar-refractivity contribution >= 4 is 47.1 Å². The minimum atomic E-state index is -2.28. The van der Waals surface area contributed by atoms with E-state index < -0.39 is 119 Å². The molecule has 0 spiro atoms. The lowest BCUT2D eigenvalue weighted by Crippen LogP contribution is -2.75. The average Bonchev–Trinajstić information content (AvgIpc) is 3.49. The van der Waals surface area contributed by atoms with Gasteiger partial charge in [0.1, 0.15) is 35.6 Å². The lowest BCUT2D eigenvalue weighted by Gasteiger charge is -2.64. The van der Waals surface area contributed by atoms with Crippen LogP contribution in [0.1, 0.15) is 109 Å². The van der Waals surface area contributed by atoms with Gasteiger partial charge < -0.3 is 58.9 Å². The number of carboxylic acids is 1. The second-order valence-corrected chi connectivity index (χ2v) is 21.0. The number of fused-ring (bicyclic) bond motifs is 6. The molecule has 1 saturated heterocycles. The molecule has 3 aromatic rings. The predicted octanol–water partition coefficient (Wildman–Crippen LogP) is 5.36. The predicted molar refractivity (Wildman–Crippen MR) is 243 cm³/mol. The highest BCUT2D eigenvalue weighted by molar-refractivity contribution is 7.16. The Hall–Kier alpha value is -5.86. The van der Waals surface area contributed by atoms with Gasteiger partial charge in [0, 0.05) is 36.5 Å². The van der Waals surface area contributed by atoms with Gasteiger partial charge in [-0.3, -0.25) is 4.79 Å². The van der Waals surface area contributed by atoms with E-state index in [1.54, 1.807) is 83.1 Å². The largest absolute Gasteiger partial charge is 0.488 e. The second kappa shape index (κ2) is 18.5. The summed E-state index contributed by atoms with van der Waals surface area (Å²) in [6.07, 6.45) is -10.3. The number of ketones is 1. The average molecular weight is 976 g/mol. The molecule has 2 aromatic carbocycles. The molecular formula is C50H57NO17S. The standard InChI is InChI=1S/C50H57NO17S/c1-24-29(22-50(61)41(67-43(57)26-17-12-9-13-18-26)32-27-23-64-28(27)21-30(52)49(32,7)40(54)34(53)31(24)48(50,5)6)65-44(58)35(33(25-15-10-8-11-16-25)51-46(60)68-47(2,3)4)66-45(59)39-37-36(38(69-39)42(55)56)62-19-14-20-63-37/h8-13,15-18,27-30,32-35,41,52-53,61H,14,19-23H2,1-7H3,(H,51,60)(H,55,56)/t27-,28-,29+,30+,32+,33+,34-,35-,41+,49-,50-/m1/s1. The first-order chi connectivity index (χ1) is 32.5. The lowest BCUT2D eigenvalue weighted by atomic mass is 9.46. The Morgan fingerprint density at radius 3 is 2.10 bits per heavy atom. The first-order valence-corrected chi connectivity index (χ1v) is 23.6.